The van der Waals surface area contributed by atoms with Gasteiger partial charge in [0.05, 0.1) is 17.9 Å². The fourth-order valence-corrected chi connectivity index (χ4v) is 2.47. The normalized spacial score (nSPS) is 11.2. The van der Waals surface area contributed by atoms with Crippen LogP contribution in [0.5, 0.6) is 5.75 Å². The van der Waals surface area contributed by atoms with E-state index in [1.54, 1.807) is 37.8 Å². The first-order chi connectivity index (χ1) is 11.1. The molecule has 0 bridgehead atoms. The number of aromatic nitrogens is 2. The van der Waals surface area contributed by atoms with Gasteiger partial charge in [0, 0.05) is 24.9 Å². The number of imidazole rings is 1. The van der Waals surface area contributed by atoms with E-state index in [1.165, 1.54) is 6.08 Å². The molecule has 0 spiro atoms. The lowest BCUT2D eigenvalue weighted by Crippen LogP contribution is -2.31. The van der Waals surface area contributed by atoms with Gasteiger partial charge in [-0.25, -0.2) is 4.98 Å². The zero-order chi connectivity index (χ0) is 16.7. The lowest BCUT2D eigenvalue weighted by molar-refractivity contribution is -0.118. The molecular formula is C15H17BrN4O3. The lowest BCUT2D eigenvalue weighted by atomic mass is 10.2. The number of carbonyl (C=O) groups is 1. The monoisotopic (exact) mass is 380 g/mol. The number of hydrogen-bond donors (Lipinski definition) is 4. The molecule has 8 heteroatoms. The zero-order valence-corrected chi connectivity index (χ0v) is 14.1. The molecule has 0 fully saturated rings. The van der Waals surface area contributed by atoms with E-state index >= 15 is 0 Å². The Bertz CT molecular complexity index is 686. The van der Waals surface area contributed by atoms with Crippen molar-refractivity contribution in [2.24, 2.45) is 0 Å². The highest BCUT2D eigenvalue weighted by Gasteiger charge is 2.09. The molecule has 0 aliphatic heterocycles. The maximum Gasteiger partial charge on any atom is 0.269 e. The summed E-state index contributed by atoms with van der Waals surface area (Å²) in [4.78, 5) is 18.9. The molecule has 23 heavy (non-hydrogen) atoms. The minimum Gasteiger partial charge on any atom is -0.496 e. The molecular weight excluding hydrogens is 364 g/mol. The third-order valence-electron chi connectivity index (χ3n) is 3.09. The summed E-state index contributed by atoms with van der Waals surface area (Å²) in [6.45, 7) is 0.423. The molecule has 4 N–H and O–H groups in total. The first-order valence-electron chi connectivity index (χ1n) is 6.85. The second kappa shape index (κ2) is 8.35. The lowest BCUT2D eigenvalue weighted by Gasteiger charge is -2.08. The Balaban J connectivity index is 1.99. The van der Waals surface area contributed by atoms with Gasteiger partial charge in [-0.15, -0.1) is 0 Å². The number of aromatic amines is 1. The van der Waals surface area contributed by atoms with Crippen molar-refractivity contribution in [1.29, 1.82) is 0 Å². The topological polar surface area (TPSA) is 99.3 Å². The summed E-state index contributed by atoms with van der Waals surface area (Å²) in [6.07, 6.45) is 5.44. The number of benzene rings is 1. The van der Waals surface area contributed by atoms with Crippen LogP contribution in [0.25, 0.3) is 6.08 Å². The molecule has 0 saturated carbocycles. The largest absolute Gasteiger partial charge is 0.496 e. The van der Waals surface area contributed by atoms with Crippen LogP contribution in [0, 0.1) is 0 Å². The number of nitrogens with one attached hydrogen (secondary N) is 3. The van der Waals surface area contributed by atoms with E-state index in [0.29, 0.717) is 18.7 Å². The zero-order valence-electron chi connectivity index (χ0n) is 12.5. The van der Waals surface area contributed by atoms with Crippen LogP contribution >= 0.6 is 15.9 Å². The molecule has 1 heterocycles. The summed E-state index contributed by atoms with van der Waals surface area (Å²) >= 11 is 3.37. The van der Waals surface area contributed by atoms with Crippen molar-refractivity contribution in [2.75, 3.05) is 13.7 Å². The molecule has 0 aliphatic rings. The molecule has 1 amide bonds. The Morgan fingerprint density at radius 2 is 2.35 bits per heavy atom. The number of hydrogen-bond acceptors (Lipinski definition) is 5. The molecule has 2 rings (SSSR count). The molecule has 0 radical (unpaired) electrons. The number of ether oxygens (including phenoxy) is 1. The minimum absolute atomic E-state index is 0.0478. The van der Waals surface area contributed by atoms with Gasteiger partial charge in [0.2, 0.25) is 0 Å². The highest BCUT2D eigenvalue weighted by atomic mass is 79.9. The first kappa shape index (κ1) is 17.0. The standard InChI is InChI=1S/C15H17BrN4O3/c1-23-14-3-2-10(6-12(14)16)7-13(20-22)15(21)18-5-4-11-8-17-9-19-11/h2-3,6-9,20,22H,4-5H2,1H3,(H,17,19)(H,18,21). The SMILES string of the molecule is COc1ccc(C=C(NO)C(=O)NCCc2cnc[nH]2)cc1Br. The number of rotatable bonds is 7. The smallest absolute Gasteiger partial charge is 0.269 e. The Labute approximate surface area is 141 Å². The first-order valence-corrected chi connectivity index (χ1v) is 7.64. The van der Waals surface area contributed by atoms with Gasteiger partial charge in [0.1, 0.15) is 11.4 Å². The number of hydroxylamine groups is 1. The van der Waals surface area contributed by atoms with Crippen LogP contribution in [0.15, 0.2) is 40.9 Å². The molecule has 0 aliphatic carbocycles. The number of carbonyl (C=O) groups excluding carboxylic acids is 1. The summed E-state index contributed by atoms with van der Waals surface area (Å²) < 4.78 is 5.90. The van der Waals surface area contributed by atoms with E-state index in [1.807, 2.05) is 5.48 Å². The Morgan fingerprint density at radius 3 is 2.96 bits per heavy atom. The predicted octanol–water partition coefficient (Wildman–Crippen LogP) is 1.86. The molecule has 1 aromatic heterocycles. The average Bonchev–Trinajstić information content (AvgIpc) is 3.06. The van der Waals surface area contributed by atoms with Gasteiger partial charge in [-0.3, -0.25) is 15.5 Å². The van der Waals surface area contributed by atoms with E-state index in [9.17, 15) is 10.0 Å². The maximum atomic E-state index is 12.1. The summed E-state index contributed by atoms with van der Waals surface area (Å²) in [5.41, 5.74) is 3.63. The summed E-state index contributed by atoms with van der Waals surface area (Å²) in [5, 5.41) is 11.9. The van der Waals surface area contributed by atoms with Crippen LogP contribution in [0.4, 0.5) is 0 Å². The van der Waals surface area contributed by atoms with Gasteiger partial charge >= 0.3 is 0 Å². The second-order valence-electron chi connectivity index (χ2n) is 4.65. The van der Waals surface area contributed by atoms with Crippen LogP contribution in [-0.4, -0.2) is 34.7 Å². The van der Waals surface area contributed by atoms with E-state index in [0.717, 1.165) is 15.7 Å². The van der Waals surface area contributed by atoms with Gasteiger partial charge in [-0.1, -0.05) is 6.07 Å². The fourth-order valence-electron chi connectivity index (χ4n) is 1.92. The van der Waals surface area contributed by atoms with Crippen LogP contribution in [0.2, 0.25) is 0 Å². The van der Waals surface area contributed by atoms with Crippen molar-refractivity contribution >= 4 is 27.9 Å². The summed E-state index contributed by atoms with van der Waals surface area (Å²) in [6, 6.07) is 5.33. The van der Waals surface area contributed by atoms with E-state index in [-0.39, 0.29) is 5.70 Å². The van der Waals surface area contributed by atoms with Gasteiger partial charge in [-0.2, -0.15) is 0 Å². The highest BCUT2D eigenvalue weighted by molar-refractivity contribution is 9.10. The van der Waals surface area contributed by atoms with Crippen molar-refractivity contribution < 1.29 is 14.7 Å². The van der Waals surface area contributed by atoms with Crippen LogP contribution < -0.4 is 15.5 Å². The van der Waals surface area contributed by atoms with Crippen LogP contribution in [-0.2, 0) is 11.2 Å². The quantitative estimate of drug-likeness (QED) is 0.434. The summed E-state index contributed by atoms with van der Waals surface area (Å²) in [5.74, 6) is 0.281. The number of halogens is 1. The van der Waals surface area contributed by atoms with E-state index in [2.05, 4.69) is 31.2 Å². The third-order valence-corrected chi connectivity index (χ3v) is 3.71. The number of methoxy groups -OCH3 is 1. The Morgan fingerprint density at radius 1 is 1.52 bits per heavy atom. The van der Waals surface area contributed by atoms with Gasteiger partial charge in [-0.05, 0) is 39.7 Å². The predicted molar refractivity (Wildman–Crippen MR) is 88.9 cm³/mol. The molecule has 0 saturated heterocycles. The molecule has 0 unspecified atom stereocenters. The summed E-state index contributed by atoms with van der Waals surface area (Å²) in [7, 11) is 1.57. The van der Waals surface area contributed by atoms with Gasteiger partial charge in [0.15, 0.2) is 0 Å². The molecule has 0 atom stereocenters. The van der Waals surface area contributed by atoms with Gasteiger partial charge < -0.3 is 15.0 Å². The van der Waals surface area contributed by atoms with Crippen molar-refractivity contribution in [1.82, 2.24) is 20.8 Å². The van der Waals surface area contributed by atoms with E-state index < -0.39 is 5.91 Å². The molecule has 7 nitrogen and oxygen atoms in total. The second-order valence-corrected chi connectivity index (χ2v) is 5.50. The van der Waals surface area contributed by atoms with Crippen molar-refractivity contribution in [3.05, 3.63) is 52.2 Å². The van der Waals surface area contributed by atoms with Crippen LogP contribution in [0.3, 0.4) is 0 Å². The highest BCUT2D eigenvalue weighted by Crippen LogP contribution is 2.26. The molecule has 1 aromatic carbocycles. The third kappa shape index (κ3) is 4.83. The van der Waals surface area contributed by atoms with E-state index in [4.69, 9.17) is 4.74 Å². The van der Waals surface area contributed by atoms with Gasteiger partial charge in [0.25, 0.3) is 5.91 Å². The Hall–Kier alpha value is -2.32. The van der Waals surface area contributed by atoms with Crippen molar-refractivity contribution in [3.63, 3.8) is 0 Å². The Kier molecular flexibility index (Phi) is 6.19. The van der Waals surface area contributed by atoms with Crippen LogP contribution in [0.1, 0.15) is 11.3 Å². The average molecular weight is 381 g/mol. The number of nitrogens with zero attached hydrogens (tertiary/aromatic N) is 1. The maximum absolute atomic E-state index is 12.1. The van der Waals surface area contributed by atoms with Crippen molar-refractivity contribution in [2.45, 2.75) is 6.42 Å². The fraction of sp³-hybridized carbons (Fsp3) is 0.200. The minimum atomic E-state index is -0.404. The van der Waals surface area contributed by atoms with Crippen molar-refractivity contribution in [3.8, 4) is 5.75 Å². The molecule has 2 aromatic rings. The molecule has 122 valence electrons. The number of amides is 1. The number of H-pyrrole nitrogens is 1.